The standard InChI is InChI=1S/C19H26BrN5O/c1-10(2)19(26)24-15-8-23-18-16(15)17(13(20)7-22-18)25-6-5-12(11-3-4-11)14(21)9-25/h7-8,10-12,14H,3-6,9,21H2,1-2H3,(H,22,23)(H,24,26)/t12?,14-/m0/s1. The third-order valence-electron chi connectivity index (χ3n) is 5.67. The SMILES string of the molecule is CC(C)C(=O)Nc1c[nH]c2ncc(Br)c(N3CCC(C4CC4)[C@@H](N)C3)c12. The summed E-state index contributed by atoms with van der Waals surface area (Å²) < 4.78 is 0.932. The molecule has 1 aliphatic carbocycles. The minimum Gasteiger partial charge on any atom is -0.368 e. The molecular weight excluding hydrogens is 394 g/mol. The Balaban J connectivity index is 1.68. The summed E-state index contributed by atoms with van der Waals surface area (Å²) in [5.41, 5.74) is 9.15. The van der Waals surface area contributed by atoms with Crippen LogP contribution in [0, 0.1) is 17.8 Å². The Morgan fingerprint density at radius 2 is 2.19 bits per heavy atom. The normalized spacial score (nSPS) is 23.7. The van der Waals surface area contributed by atoms with Crippen molar-refractivity contribution < 1.29 is 4.79 Å². The summed E-state index contributed by atoms with van der Waals surface area (Å²) in [6, 6.07) is 0.194. The molecule has 1 unspecified atom stereocenters. The van der Waals surface area contributed by atoms with E-state index in [1.807, 2.05) is 26.2 Å². The first-order valence-electron chi connectivity index (χ1n) is 9.42. The molecule has 26 heavy (non-hydrogen) atoms. The lowest BCUT2D eigenvalue weighted by Gasteiger charge is -2.39. The van der Waals surface area contributed by atoms with Gasteiger partial charge in [-0.3, -0.25) is 4.79 Å². The van der Waals surface area contributed by atoms with Crippen molar-refractivity contribution in [2.45, 2.75) is 39.2 Å². The van der Waals surface area contributed by atoms with Gasteiger partial charge in [0, 0.05) is 37.4 Å². The molecule has 0 bridgehead atoms. The highest BCUT2D eigenvalue weighted by molar-refractivity contribution is 9.10. The number of carbonyl (C=O) groups is 1. The molecule has 6 nitrogen and oxygen atoms in total. The Kier molecular flexibility index (Phi) is 4.69. The van der Waals surface area contributed by atoms with Gasteiger partial charge in [-0.25, -0.2) is 4.98 Å². The van der Waals surface area contributed by atoms with E-state index in [2.05, 4.69) is 36.1 Å². The van der Waals surface area contributed by atoms with Gasteiger partial charge in [0.25, 0.3) is 0 Å². The van der Waals surface area contributed by atoms with Crippen LogP contribution in [-0.2, 0) is 4.79 Å². The molecule has 1 saturated heterocycles. The van der Waals surface area contributed by atoms with Crippen LogP contribution >= 0.6 is 15.9 Å². The van der Waals surface area contributed by atoms with E-state index >= 15 is 0 Å². The third-order valence-corrected chi connectivity index (χ3v) is 6.25. The summed E-state index contributed by atoms with van der Waals surface area (Å²) >= 11 is 3.67. The number of hydrogen-bond acceptors (Lipinski definition) is 4. The van der Waals surface area contributed by atoms with Crippen LogP contribution in [0.4, 0.5) is 11.4 Å². The van der Waals surface area contributed by atoms with Gasteiger partial charge >= 0.3 is 0 Å². The molecule has 1 saturated carbocycles. The number of nitrogens with one attached hydrogen (secondary N) is 2. The Bertz CT molecular complexity index is 829. The first-order chi connectivity index (χ1) is 12.5. The monoisotopic (exact) mass is 419 g/mol. The number of fused-ring (bicyclic) bond motifs is 1. The van der Waals surface area contributed by atoms with Gasteiger partial charge in [0.15, 0.2) is 0 Å². The average molecular weight is 420 g/mol. The smallest absolute Gasteiger partial charge is 0.226 e. The number of amides is 1. The zero-order valence-corrected chi connectivity index (χ0v) is 16.8. The van der Waals surface area contributed by atoms with Gasteiger partial charge in [-0.2, -0.15) is 0 Å². The molecule has 2 aromatic heterocycles. The fraction of sp³-hybridized carbons (Fsp3) is 0.579. The molecule has 1 aliphatic heterocycles. The number of H-pyrrole nitrogens is 1. The number of aromatic amines is 1. The summed E-state index contributed by atoms with van der Waals surface area (Å²) in [5.74, 6) is 1.40. The van der Waals surface area contributed by atoms with Crippen molar-refractivity contribution >= 4 is 44.2 Å². The molecule has 2 atom stereocenters. The van der Waals surface area contributed by atoms with Gasteiger partial charge in [-0.1, -0.05) is 13.8 Å². The van der Waals surface area contributed by atoms with Crippen LogP contribution < -0.4 is 16.0 Å². The number of halogens is 1. The highest BCUT2D eigenvalue weighted by atomic mass is 79.9. The fourth-order valence-corrected chi connectivity index (χ4v) is 4.60. The van der Waals surface area contributed by atoms with Crippen LogP contribution in [-0.4, -0.2) is 35.0 Å². The largest absolute Gasteiger partial charge is 0.368 e. The molecule has 1 amide bonds. The predicted molar refractivity (Wildman–Crippen MR) is 108 cm³/mol. The Labute approximate surface area is 162 Å². The van der Waals surface area contributed by atoms with Crippen molar-refractivity contribution in [2.75, 3.05) is 23.3 Å². The number of carbonyl (C=O) groups excluding carboxylic acids is 1. The number of nitrogens with two attached hydrogens (primary N) is 1. The number of nitrogens with zero attached hydrogens (tertiary/aromatic N) is 2. The van der Waals surface area contributed by atoms with Crippen LogP contribution in [0.2, 0.25) is 0 Å². The number of anilines is 2. The average Bonchev–Trinajstić information content (AvgIpc) is 3.36. The molecule has 4 rings (SSSR count). The van der Waals surface area contributed by atoms with Gasteiger partial charge in [0.1, 0.15) is 5.65 Å². The minimum atomic E-state index is -0.0776. The third kappa shape index (κ3) is 3.22. The Morgan fingerprint density at radius 3 is 2.85 bits per heavy atom. The second-order valence-electron chi connectivity index (χ2n) is 7.92. The van der Waals surface area contributed by atoms with Gasteiger partial charge in [0.2, 0.25) is 5.91 Å². The van der Waals surface area contributed by atoms with Crippen molar-refractivity contribution in [1.29, 1.82) is 0 Å². The van der Waals surface area contributed by atoms with Crippen molar-refractivity contribution in [2.24, 2.45) is 23.5 Å². The van der Waals surface area contributed by atoms with Gasteiger partial charge in [-0.05, 0) is 47.0 Å². The van der Waals surface area contributed by atoms with Crippen molar-refractivity contribution in [3.8, 4) is 0 Å². The first kappa shape index (κ1) is 17.8. The molecule has 2 aromatic rings. The van der Waals surface area contributed by atoms with Crippen LogP contribution in [0.3, 0.4) is 0 Å². The predicted octanol–water partition coefficient (Wildman–Crippen LogP) is 3.48. The maximum Gasteiger partial charge on any atom is 0.226 e. The highest BCUT2D eigenvalue weighted by Crippen LogP contribution is 2.44. The van der Waals surface area contributed by atoms with Gasteiger partial charge < -0.3 is 20.9 Å². The molecule has 0 spiro atoms. The lowest BCUT2D eigenvalue weighted by Crippen LogP contribution is -2.49. The van der Waals surface area contributed by atoms with Crippen molar-refractivity contribution in [1.82, 2.24) is 9.97 Å². The van der Waals surface area contributed by atoms with E-state index in [0.29, 0.717) is 5.92 Å². The number of aromatic nitrogens is 2. The molecular formula is C19H26BrN5O. The molecule has 3 heterocycles. The van der Waals surface area contributed by atoms with E-state index in [9.17, 15) is 4.79 Å². The van der Waals surface area contributed by atoms with E-state index < -0.39 is 0 Å². The topological polar surface area (TPSA) is 87.0 Å². The highest BCUT2D eigenvalue weighted by Gasteiger charge is 2.38. The molecule has 140 valence electrons. The zero-order valence-electron chi connectivity index (χ0n) is 15.3. The minimum absolute atomic E-state index is 0.000897. The number of rotatable bonds is 4. The first-order valence-corrected chi connectivity index (χ1v) is 10.2. The Morgan fingerprint density at radius 1 is 1.42 bits per heavy atom. The number of pyridine rings is 1. The fourth-order valence-electron chi connectivity index (χ4n) is 4.05. The molecule has 2 aliphatic rings. The van der Waals surface area contributed by atoms with E-state index in [1.165, 1.54) is 12.8 Å². The summed E-state index contributed by atoms with van der Waals surface area (Å²) in [4.78, 5) is 22.2. The lowest BCUT2D eigenvalue weighted by atomic mass is 9.87. The molecule has 7 heteroatoms. The molecule has 0 radical (unpaired) electrons. The molecule has 2 fully saturated rings. The van der Waals surface area contributed by atoms with Crippen LogP contribution in [0.15, 0.2) is 16.9 Å². The van der Waals surface area contributed by atoms with Gasteiger partial charge in [-0.15, -0.1) is 0 Å². The maximum atomic E-state index is 12.2. The lowest BCUT2D eigenvalue weighted by molar-refractivity contribution is -0.118. The van der Waals surface area contributed by atoms with Gasteiger partial charge in [0.05, 0.1) is 21.2 Å². The summed E-state index contributed by atoms with van der Waals surface area (Å²) in [7, 11) is 0. The second kappa shape index (κ2) is 6.85. The summed E-state index contributed by atoms with van der Waals surface area (Å²) in [6.45, 7) is 5.60. The van der Waals surface area contributed by atoms with Crippen LogP contribution in [0.1, 0.15) is 33.1 Å². The van der Waals surface area contributed by atoms with Crippen LogP contribution in [0.25, 0.3) is 11.0 Å². The maximum absolute atomic E-state index is 12.2. The van der Waals surface area contributed by atoms with Crippen LogP contribution in [0.5, 0.6) is 0 Å². The van der Waals surface area contributed by atoms with Crippen molar-refractivity contribution in [3.63, 3.8) is 0 Å². The zero-order chi connectivity index (χ0) is 18.4. The molecule has 0 aromatic carbocycles. The van der Waals surface area contributed by atoms with E-state index in [0.717, 1.165) is 52.3 Å². The van der Waals surface area contributed by atoms with E-state index in [-0.39, 0.29) is 17.9 Å². The number of hydrogen-bond donors (Lipinski definition) is 3. The quantitative estimate of drug-likeness (QED) is 0.707. The second-order valence-corrected chi connectivity index (χ2v) is 8.78. The van der Waals surface area contributed by atoms with E-state index in [4.69, 9.17) is 5.73 Å². The Hall–Kier alpha value is -1.60. The summed E-state index contributed by atoms with van der Waals surface area (Å²) in [5, 5.41) is 3.98. The van der Waals surface area contributed by atoms with E-state index in [1.54, 1.807) is 0 Å². The molecule has 4 N–H and O–H groups in total. The summed E-state index contributed by atoms with van der Waals surface area (Å²) in [6.07, 6.45) is 7.45. The number of piperidine rings is 1. The van der Waals surface area contributed by atoms with Crippen molar-refractivity contribution in [3.05, 3.63) is 16.9 Å².